The first-order valence-electron chi connectivity index (χ1n) is 21.6. The van der Waals surface area contributed by atoms with E-state index in [1.54, 1.807) is 12.1 Å². The molecule has 1 atom stereocenters. The first-order valence-corrected chi connectivity index (χ1v) is 26.4. The van der Waals surface area contributed by atoms with E-state index in [1.807, 2.05) is 67.6 Å². The van der Waals surface area contributed by atoms with Crippen LogP contribution >= 0.6 is 0 Å². The van der Waals surface area contributed by atoms with Gasteiger partial charge in [0.25, 0.3) is 16.6 Å². The molecule has 0 aliphatic carbocycles. The zero-order valence-electron chi connectivity index (χ0n) is 36.2. The zero-order valence-corrected chi connectivity index (χ0v) is 38.2. The topological polar surface area (TPSA) is 77.4 Å². The van der Waals surface area contributed by atoms with Crippen LogP contribution in [0.4, 0.5) is 0 Å². The molecule has 0 aromatic heterocycles. The Hall–Kier alpha value is -5.75. The van der Waals surface area contributed by atoms with E-state index in [1.165, 1.54) is 37.4 Å². The summed E-state index contributed by atoms with van der Waals surface area (Å²) in [6.45, 7) is 8.39. The van der Waals surface area contributed by atoms with Gasteiger partial charge < -0.3 is 28.5 Å². The Balaban J connectivity index is 0.000000223. The fourth-order valence-corrected chi connectivity index (χ4v) is 13.0. The second-order valence-corrected chi connectivity index (χ2v) is 22.9. The Labute approximate surface area is 370 Å². The van der Waals surface area contributed by atoms with Crippen molar-refractivity contribution in [3.63, 3.8) is 0 Å². The van der Waals surface area contributed by atoms with Crippen LogP contribution < -0.4 is 30.2 Å². The molecule has 0 amide bonds. The van der Waals surface area contributed by atoms with Gasteiger partial charge in [0.05, 0.1) is 0 Å². The van der Waals surface area contributed by atoms with Gasteiger partial charge in [-0.15, -0.1) is 0 Å². The average Bonchev–Trinajstić information content (AvgIpc) is 3.33. The Morgan fingerprint density at radius 1 is 0.435 bits per heavy atom. The van der Waals surface area contributed by atoms with Crippen molar-refractivity contribution in [1.29, 1.82) is 0 Å². The highest BCUT2D eigenvalue weighted by Crippen LogP contribution is 2.17. The van der Waals surface area contributed by atoms with Crippen molar-refractivity contribution in [3.05, 3.63) is 211 Å². The van der Waals surface area contributed by atoms with Gasteiger partial charge >= 0.3 is 0 Å². The summed E-state index contributed by atoms with van der Waals surface area (Å²) in [6, 6.07) is 65.6. The van der Waals surface area contributed by atoms with Crippen molar-refractivity contribution < 1.29 is 28.5 Å². The van der Waals surface area contributed by atoms with Crippen LogP contribution in [0.1, 0.15) is 29.5 Å². The third-order valence-corrected chi connectivity index (χ3v) is 18.4. The molecule has 1 unspecified atom stereocenters. The van der Waals surface area contributed by atoms with Gasteiger partial charge in [-0.2, -0.15) is 0 Å². The first-order chi connectivity index (χ1) is 30.2. The number of phenols is 1. The van der Waals surface area contributed by atoms with Crippen LogP contribution in [0.25, 0.3) is 0 Å². The standard InChI is InChI=1S/C32H36O4Si.C22H24O2Si/c1-26-15-19-29(20-16-26)34-24-28(33)25-35-30-21-17-27(18-22-30)10-9-23-36-37(2,31-11-5-3-6-12-31)32-13-7-4-8-14-32;1-25(21-10-4-2-5-11-21,22-12-6-3-7-13-22)24-18-8-9-19-14-16-20(23)17-15-19/h3-8,11-22,28,33H,9-10,23-25H2,1-2H3;2-7,10-17,23H,8-9,18H2,1H3. The van der Waals surface area contributed by atoms with Crippen LogP contribution in [0.15, 0.2) is 194 Å². The number of benzene rings is 7. The van der Waals surface area contributed by atoms with E-state index in [9.17, 15) is 10.2 Å². The Morgan fingerprint density at radius 3 is 1.11 bits per heavy atom. The summed E-state index contributed by atoms with van der Waals surface area (Å²) in [7, 11) is -4.44. The maximum absolute atomic E-state index is 10.2. The highest BCUT2D eigenvalue weighted by atomic mass is 28.4. The number of ether oxygens (including phenoxy) is 2. The summed E-state index contributed by atoms with van der Waals surface area (Å²) in [6.07, 6.45) is 3.09. The second-order valence-electron chi connectivity index (χ2n) is 15.8. The zero-order chi connectivity index (χ0) is 43.5. The molecule has 0 aliphatic rings. The van der Waals surface area contributed by atoms with Crippen LogP contribution in [0.3, 0.4) is 0 Å². The van der Waals surface area contributed by atoms with Crippen molar-refractivity contribution in [2.45, 2.75) is 51.8 Å². The number of aliphatic hydroxyl groups is 1. The third kappa shape index (κ3) is 13.6. The van der Waals surface area contributed by atoms with Crippen molar-refractivity contribution >= 4 is 37.4 Å². The molecule has 0 heterocycles. The third-order valence-electron chi connectivity index (χ3n) is 11.1. The number of hydrogen-bond donors (Lipinski definition) is 2. The molecule has 0 spiro atoms. The number of aryl methyl sites for hydroxylation is 3. The van der Waals surface area contributed by atoms with Gasteiger partial charge in [0, 0.05) is 13.2 Å². The van der Waals surface area contributed by atoms with Gasteiger partial charge in [0.2, 0.25) is 0 Å². The summed E-state index contributed by atoms with van der Waals surface area (Å²) < 4.78 is 24.6. The van der Waals surface area contributed by atoms with E-state index < -0.39 is 22.7 Å². The molecule has 0 radical (unpaired) electrons. The lowest BCUT2D eigenvalue weighted by Crippen LogP contribution is -2.58. The SMILES string of the molecule is C[Si](OCCCc1ccc(O)cc1)(c1ccccc1)c1ccccc1.Cc1ccc(OCC(O)COc2ccc(CCCO[Si](C)(c3ccccc3)c3ccccc3)cc2)cc1. The second kappa shape index (κ2) is 23.5. The quantitative estimate of drug-likeness (QED) is 0.0590. The average molecular weight is 861 g/mol. The highest BCUT2D eigenvalue weighted by molar-refractivity contribution is 6.97. The lowest BCUT2D eigenvalue weighted by molar-refractivity contribution is 0.0626. The fraction of sp³-hybridized carbons (Fsp3) is 0.222. The van der Waals surface area contributed by atoms with Crippen molar-refractivity contribution in [3.8, 4) is 17.2 Å². The summed E-state index contributed by atoms with van der Waals surface area (Å²) in [4.78, 5) is 0. The van der Waals surface area contributed by atoms with Crippen molar-refractivity contribution in [2.24, 2.45) is 0 Å². The molecule has 2 N–H and O–H groups in total. The predicted molar refractivity (Wildman–Crippen MR) is 259 cm³/mol. The molecular formula is C54H60O6Si2. The van der Waals surface area contributed by atoms with Gasteiger partial charge in [-0.1, -0.05) is 163 Å². The summed E-state index contributed by atoms with van der Waals surface area (Å²) in [5.41, 5.74) is 3.64. The molecule has 320 valence electrons. The van der Waals surface area contributed by atoms with Gasteiger partial charge in [0.15, 0.2) is 0 Å². The molecule has 6 nitrogen and oxygen atoms in total. The summed E-state index contributed by atoms with van der Waals surface area (Å²) in [5, 5.41) is 24.7. The van der Waals surface area contributed by atoms with Crippen LogP contribution in [-0.4, -0.2) is 59.4 Å². The minimum Gasteiger partial charge on any atom is -0.508 e. The van der Waals surface area contributed by atoms with E-state index in [-0.39, 0.29) is 13.2 Å². The van der Waals surface area contributed by atoms with E-state index in [2.05, 4.69) is 134 Å². The van der Waals surface area contributed by atoms with Crippen LogP contribution in [0, 0.1) is 6.92 Å². The molecule has 7 rings (SSSR count). The van der Waals surface area contributed by atoms with Gasteiger partial charge in [-0.05, 0) is 114 Å². The molecule has 0 fully saturated rings. The fourth-order valence-electron chi connectivity index (χ4n) is 7.28. The maximum atomic E-state index is 10.2. The Kier molecular flexibility index (Phi) is 17.3. The van der Waals surface area contributed by atoms with Crippen LogP contribution in [0.5, 0.6) is 17.2 Å². The van der Waals surface area contributed by atoms with Crippen molar-refractivity contribution in [2.75, 3.05) is 26.4 Å². The van der Waals surface area contributed by atoms with E-state index in [0.717, 1.165) is 43.8 Å². The molecule has 62 heavy (non-hydrogen) atoms. The van der Waals surface area contributed by atoms with E-state index in [0.29, 0.717) is 12.4 Å². The molecule has 0 bridgehead atoms. The molecule has 0 saturated heterocycles. The molecular weight excluding hydrogens is 801 g/mol. The highest BCUT2D eigenvalue weighted by Gasteiger charge is 2.34. The van der Waals surface area contributed by atoms with Gasteiger partial charge in [-0.25, -0.2) is 0 Å². The first kappa shape index (κ1) is 45.8. The summed E-state index contributed by atoms with van der Waals surface area (Å²) >= 11 is 0. The molecule has 0 aliphatic heterocycles. The number of hydrogen-bond acceptors (Lipinski definition) is 6. The monoisotopic (exact) mass is 860 g/mol. The maximum Gasteiger partial charge on any atom is 0.252 e. The lowest BCUT2D eigenvalue weighted by Gasteiger charge is -2.28. The molecule has 0 saturated carbocycles. The Morgan fingerprint density at radius 2 is 0.758 bits per heavy atom. The van der Waals surface area contributed by atoms with Crippen molar-refractivity contribution in [1.82, 2.24) is 0 Å². The van der Waals surface area contributed by atoms with Gasteiger partial charge in [-0.3, -0.25) is 0 Å². The Bertz CT molecular complexity index is 2210. The molecule has 8 heteroatoms. The minimum atomic E-state index is -2.26. The van der Waals surface area contributed by atoms with E-state index in [4.69, 9.17) is 18.3 Å². The summed E-state index contributed by atoms with van der Waals surface area (Å²) in [5.74, 6) is 1.80. The van der Waals surface area contributed by atoms with Gasteiger partial charge in [0.1, 0.15) is 36.6 Å². The number of aliphatic hydroxyl groups excluding tert-OH is 1. The molecule has 7 aromatic rings. The number of phenolic OH excluding ortho intramolecular Hbond substituents is 1. The predicted octanol–water partition coefficient (Wildman–Crippen LogP) is 8.88. The number of rotatable bonds is 20. The number of aromatic hydroxyl groups is 1. The van der Waals surface area contributed by atoms with Crippen LogP contribution in [0.2, 0.25) is 13.1 Å². The molecule has 7 aromatic carbocycles. The normalized spacial score (nSPS) is 11.9. The van der Waals surface area contributed by atoms with Crippen LogP contribution in [-0.2, 0) is 21.7 Å². The van der Waals surface area contributed by atoms with E-state index >= 15 is 0 Å². The lowest BCUT2D eigenvalue weighted by atomic mass is 10.1. The largest absolute Gasteiger partial charge is 0.508 e. The smallest absolute Gasteiger partial charge is 0.252 e. The minimum absolute atomic E-state index is 0.182.